The van der Waals surface area contributed by atoms with Gasteiger partial charge in [0.25, 0.3) is 0 Å². The number of pyridine rings is 1. The second-order valence-electron chi connectivity index (χ2n) is 4.35. The zero-order valence-corrected chi connectivity index (χ0v) is 12.2. The van der Waals surface area contributed by atoms with E-state index in [2.05, 4.69) is 26.4 Å². The summed E-state index contributed by atoms with van der Waals surface area (Å²) in [7, 11) is 0. The topological polar surface area (TPSA) is 43.6 Å². The van der Waals surface area contributed by atoms with E-state index in [9.17, 15) is 0 Å². The van der Waals surface area contributed by atoms with Gasteiger partial charge in [0.1, 0.15) is 16.3 Å². The molecule has 0 radical (unpaired) electrons. The number of fused-ring (bicyclic) bond motifs is 1. The number of hydrogen-bond acceptors (Lipinski definition) is 4. The molecule has 0 saturated carbocycles. The van der Waals surface area contributed by atoms with E-state index in [1.54, 1.807) is 17.5 Å². The Hall–Kier alpha value is -1.46. The van der Waals surface area contributed by atoms with Crippen molar-refractivity contribution in [3.05, 3.63) is 40.7 Å². The van der Waals surface area contributed by atoms with Crippen LogP contribution in [0.4, 0.5) is 0 Å². The summed E-state index contributed by atoms with van der Waals surface area (Å²) in [5, 5.41) is 2.84. The lowest BCUT2D eigenvalue weighted by Gasteiger charge is -2.15. The molecule has 98 valence electrons. The number of thiazole rings is 1. The molecule has 0 aromatic carbocycles. The van der Waals surface area contributed by atoms with Crippen LogP contribution in [0.2, 0.25) is 0 Å². The van der Waals surface area contributed by atoms with Gasteiger partial charge < -0.3 is 4.57 Å². The van der Waals surface area contributed by atoms with Crippen molar-refractivity contribution in [1.82, 2.24) is 19.5 Å². The molecule has 4 nitrogen and oxygen atoms in total. The van der Waals surface area contributed by atoms with Crippen LogP contribution < -0.4 is 0 Å². The standard InChI is InChI=1S/C13H13ClN4S/c1-8(14)11-17-10-4-3-5-15-12(10)18(11)9(2)13-16-6-7-19-13/h3-9H,1-2H3. The number of aromatic nitrogens is 4. The molecule has 0 spiro atoms. The van der Waals surface area contributed by atoms with Crippen molar-refractivity contribution in [2.75, 3.05) is 0 Å². The Labute approximate surface area is 120 Å². The summed E-state index contributed by atoms with van der Waals surface area (Å²) in [5.74, 6) is 0.832. The van der Waals surface area contributed by atoms with E-state index in [0.717, 1.165) is 22.0 Å². The Bertz CT molecular complexity index is 690. The largest absolute Gasteiger partial charge is 0.302 e. The Balaban J connectivity index is 2.23. The smallest absolute Gasteiger partial charge is 0.160 e. The first kappa shape index (κ1) is 12.6. The van der Waals surface area contributed by atoms with Gasteiger partial charge in [0.05, 0.1) is 11.4 Å². The Morgan fingerprint density at radius 1 is 1.26 bits per heavy atom. The molecule has 0 fully saturated rings. The molecule has 3 aromatic rings. The number of alkyl halides is 1. The lowest BCUT2D eigenvalue weighted by molar-refractivity contribution is 0.610. The quantitative estimate of drug-likeness (QED) is 0.690. The number of imidazole rings is 1. The monoisotopic (exact) mass is 292 g/mol. The molecule has 6 heteroatoms. The summed E-state index contributed by atoms with van der Waals surface area (Å²) in [5.41, 5.74) is 1.72. The molecule has 2 atom stereocenters. The van der Waals surface area contributed by atoms with Gasteiger partial charge in [-0.2, -0.15) is 0 Å². The van der Waals surface area contributed by atoms with Crippen molar-refractivity contribution in [2.45, 2.75) is 25.3 Å². The summed E-state index contributed by atoms with van der Waals surface area (Å²) >= 11 is 7.88. The molecule has 19 heavy (non-hydrogen) atoms. The van der Waals surface area contributed by atoms with Crippen molar-refractivity contribution in [3.8, 4) is 0 Å². The molecule has 0 amide bonds. The minimum Gasteiger partial charge on any atom is -0.302 e. The molecule has 0 N–H and O–H groups in total. The molecule has 3 heterocycles. The highest BCUT2D eigenvalue weighted by Crippen LogP contribution is 2.30. The van der Waals surface area contributed by atoms with E-state index in [-0.39, 0.29) is 11.4 Å². The van der Waals surface area contributed by atoms with Gasteiger partial charge in [-0.3, -0.25) is 0 Å². The van der Waals surface area contributed by atoms with Gasteiger partial charge in [0.15, 0.2) is 5.65 Å². The minimum absolute atomic E-state index is 0.0797. The summed E-state index contributed by atoms with van der Waals surface area (Å²) < 4.78 is 2.08. The third-order valence-corrected chi connectivity index (χ3v) is 4.17. The van der Waals surface area contributed by atoms with Crippen LogP contribution in [-0.2, 0) is 0 Å². The Morgan fingerprint density at radius 3 is 2.79 bits per heavy atom. The van der Waals surface area contributed by atoms with Crippen LogP contribution in [0.3, 0.4) is 0 Å². The summed E-state index contributed by atoms with van der Waals surface area (Å²) in [6.45, 7) is 4.02. The summed E-state index contributed by atoms with van der Waals surface area (Å²) in [4.78, 5) is 13.4. The first-order valence-corrected chi connectivity index (χ1v) is 7.36. The zero-order valence-electron chi connectivity index (χ0n) is 10.6. The van der Waals surface area contributed by atoms with E-state index < -0.39 is 0 Å². The van der Waals surface area contributed by atoms with Crippen LogP contribution in [0, 0.1) is 0 Å². The van der Waals surface area contributed by atoms with Crippen LogP contribution in [0.5, 0.6) is 0 Å². The first-order valence-electron chi connectivity index (χ1n) is 6.05. The maximum Gasteiger partial charge on any atom is 0.160 e. The number of hydrogen-bond donors (Lipinski definition) is 0. The van der Waals surface area contributed by atoms with Gasteiger partial charge in [-0.1, -0.05) is 0 Å². The molecule has 3 rings (SSSR count). The van der Waals surface area contributed by atoms with Gasteiger partial charge in [-0.15, -0.1) is 22.9 Å². The van der Waals surface area contributed by atoms with Gasteiger partial charge in [-0.05, 0) is 26.0 Å². The molecular weight excluding hydrogens is 280 g/mol. The predicted octanol–water partition coefficient (Wildman–Crippen LogP) is 3.80. The van der Waals surface area contributed by atoms with Crippen molar-refractivity contribution >= 4 is 34.1 Å². The maximum atomic E-state index is 6.26. The first-order chi connectivity index (χ1) is 9.18. The van der Waals surface area contributed by atoms with E-state index in [0.29, 0.717) is 0 Å². The fourth-order valence-electron chi connectivity index (χ4n) is 2.16. The van der Waals surface area contributed by atoms with Gasteiger partial charge in [-0.25, -0.2) is 15.0 Å². The molecular formula is C13H13ClN4S. The van der Waals surface area contributed by atoms with Crippen molar-refractivity contribution < 1.29 is 0 Å². The summed E-state index contributed by atoms with van der Waals surface area (Å²) in [6.07, 6.45) is 3.59. The second kappa shape index (κ2) is 4.90. The highest BCUT2D eigenvalue weighted by Gasteiger charge is 2.21. The zero-order chi connectivity index (χ0) is 13.4. The van der Waals surface area contributed by atoms with Crippen molar-refractivity contribution in [2.24, 2.45) is 0 Å². The van der Waals surface area contributed by atoms with Crippen LogP contribution in [-0.4, -0.2) is 19.5 Å². The normalized spacial score (nSPS) is 14.7. The second-order valence-corrected chi connectivity index (χ2v) is 5.93. The third kappa shape index (κ3) is 2.13. The Kier molecular flexibility index (Phi) is 3.24. The fourth-order valence-corrected chi connectivity index (χ4v) is 3.00. The molecule has 0 aliphatic carbocycles. The van der Waals surface area contributed by atoms with Crippen molar-refractivity contribution in [1.29, 1.82) is 0 Å². The highest BCUT2D eigenvalue weighted by atomic mass is 35.5. The van der Waals surface area contributed by atoms with Crippen LogP contribution >= 0.6 is 22.9 Å². The van der Waals surface area contributed by atoms with E-state index in [4.69, 9.17) is 11.6 Å². The summed E-state index contributed by atoms with van der Waals surface area (Å²) in [6, 6.07) is 3.92. The number of nitrogens with zero attached hydrogens (tertiary/aromatic N) is 4. The molecule has 2 unspecified atom stereocenters. The number of halogens is 1. The molecule has 0 aliphatic rings. The predicted molar refractivity (Wildman–Crippen MR) is 77.7 cm³/mol. The van der Waals surface area contributed by atoms with E-state index >= 15 is 0 Å². The van der Waals surface area contributed by atoms with Crippen LogP contribution in [0.25, 0.3) is 11.2 Å². The van der Waals surface area contributed by atoms with Crippen LogP contribution in [0.1, 0.15) is 36.1 Å². The lowest BCUT2D eigenvalue weighted by Crippen LogP contribution is -2.11. The molecule has 0 saturated heterocycles. The SMILES string of the molecule is CC(Cl)c1nc2cccnc2n1C(C)c1nccs1. The van der Waals surface area contributed by atoms with Gasteiger partial charge in [0.2, 0.25) is 0 Å². The average Bonchev–Trinajstić information content (AvgIpc) is 3.05. The Morgan fingerprint density at radius 2 is 2.11 bits per heavy atom. The van der Waals surface area contributed by atoms with Crippen molar-refractivity contribution in [3.63, 3.8) is 0 Å². The number of rotatable bonds is 3. The fraction of sp³-hybridized carbons (Fsp3) is 0.308. The third-order valence-electron chi connectivity index (χ3n) is 3.03. The molecule has 3 aromatic heterocycles. The molecule has 0 aliphatic heterocycles. The van der Waals surface area contributed by atoms with Gasteiger partial charge in [0, 0.05) is 17.8 Å². The van der Waals surface area contributed by atoms with E-state index in [1.807, 2.05) is 30.6 Å². The molecule has 0 bridgehead atoms. The van der Waals surface area contributed by atoms with E-state index in [1.165, 1.54) is 0 Å². The van der Waals surface area contributed by atoms with Crippen LogP contribution in [0.15, 0.2) is 29.9 Å². The van der Waals surface area contributed by atoms with Gasteiger partial charge >= 0.3 is 0 Å². The lowest BCUT2D eigenvalue weighted by atomic mass is 10.3. The minimum atomic E-state index is -0.170. The average molecular weight is 293 g/mol. The maximum absolute atomic E-state index is 6.26. The highest BCUT2D eigenvalue weighted by molar-refractivity contribution is 7.09.